The van der Waals surface area contributed by atoms with Gasteiger partial charge in [0.2, 0.25) is 0 Å². The normalized spacial score (nSPS) is 26.9. The van der Waals surface area contributed by atoms with E-state index in [-0.39, 0.29) is 12.1 Å². The van der Waals surface area contributed by atoms with Gasteiger partial charge in [-0.1, -0.05) is 0 Å². The molecule has 0 saturated carbocycles. The maximum atomic E-state index is 11.8. The topological polar surface area (TPSA) is 41.6 Å². The largest absolute Gasteiger partial charge is 0.444 e. The van der Waals surface area contributed by atoms with Crippen molar-refractivity contribution >= 4 is 6.09 Å². The van der Waals surface area contributed by atoms with Crippen molar-refractivity contribution in [3.05, 3.63) is 0 Å². The van der Waals surface area contributed by atoms with Crippen LogP contribution < -0.4 is 5.32 Å². The van der Waals surface area contributed by atoms with Crippen LogP contribution >= 0.6 is 0 Å². The second-order valence-corrected chi connectivity index (χ2v) is 5.10. The number of nitrogens with zero attached hydrogens (tertiary/aromatic N) is 1. The maximum Gasteiger partial charge on any atom is 0.410 e. The summed E-state index contributed by atoms with van der Waals surface area (Å²) in [7, 11) is 1.93. The van der Waals surface area contributed by atoms with Gasteiger partial charge in [0.25, 0.3) is 0 Å². The van der Waals surface area contributed by atoms with Crippen molar-refractivity contribution in [2.24, 2.45) is 0 Å². The summed E-state index contributed by atoms with van der Waals surface area (Å²) in [6.45, 7) is 8.50. The molecule has 1 heterocycles. The standard InChI is InChI=1S/C11H22N2O2/c1-8-9(12-5)6-7-13(8)10(14)15-11(2,3)4/h8-9,12H,6-7H2,1-5H3/t8-,9?/m1/s1. The molecule has 0 bridgehead atoms. The summed E-state index contributed by atoms with van der Waals surface area (Å²) in [5.74, 6) is 0. The number of nitrogens with one attached hydrogen (secondary N) is 1. The smallest absolute Gasteiger partial charge is 0.410 e. The van der Waals surface area contributed by atoms with Gasteiger partial charge in [0.15, 0.2) is 0 Å². The fourth-order valence-electron chi connectivity index (χ4n) is 1.90. The Balaban J connectivity index is 2.55. The molecule has 15 heavy (non-hydrogen) atoms. The van der Waals surface area contributed by atoms with Crippen molar-refractivity contribution in [3.8, 4) is 0 Å². The van der Waals surface area contributed by atoms with Crippen molar-refractivity contribution in [2.45, 2.75) is 51.8 Å². The molecule has 0 aliphatic carbocycles. The van der Waals surface area contributed by atoms with E-state index in [4.69, 9.17) is 4.74 Å². The summed E-state index contributed by atoms with van der Waals surface area (Å²) in [4.78, 5) is 13.6. The number of hydrogen-bond acceptors (Lipinski definition) is 3. The van der Waals surface area contributed by atoms with Crippen molar-refractivity contribution in [2.75, 3.05) is 13.6 Å². The van der Waals surface area contributed by atoms with Gasteiger partial charge in [0, 0.05) is 18.6 Å². The number of likely N-dealkylation sites (tertiary alicyclic amines) is 1. The van der Waals surface area contributed by atoms with Gasteiger partial charge in [-0.3, -0.25) is 0 Å². The van der Waals surface area contributed by atoms with E-state index in [0.717, 1.165) is 13.0 Å². The fourth-order valence-corrected chi connectivity index (χ4v) is 1.90. The summed E-state index contributed by atoms with van der Waals surface area (Å²) < 4.78 is 5.34. The minimum absolute atomic E-state index is 0.201. The van der Waals surface area contributed by atoms with Crippen LogP contribution in [0.1, 0.15) is 34.1 Å². The first kappa shape index (κ1) is 12.3. The highest BCUT2D eigenvalue weighted by Gasteiger charge is 2.35. The summed E-state index contributed by atoms with van der Waals surface area (Å²) in [6.07, 6.45) is 0.796. The van der Waals surface area contributed by atoms with Crippen LogP contribution in [0, 0.1) is 0 Å². The first-order valence-corrected chi connectivity index (χ1v) is 5.52. The zero-order valence-electron chi connectivity index (χ0n) is 10.3. The molecular formula is C11H22N2O2. The van der Waals surface area contributed by atoms with E-state index < -0.39 is 5.60 Å². The molecule has 0 aromatic carbocycles. The molecule has 1 amide bonds. The first-order chi connectivity index (χ1) is 6.85. The first-order valence-electron chi connectivity index (χ1n) is 5.52. The molecule has 0 radical (unpaired) electrons. The molecule has 1 fully saturated rings. The molecule has 1 rings (SSSR count). The Labute approximate surface area is 92.0 Å². The second kappa shape index (κ2) is 4.39. The molecule has 0 spiro atoms. The maximum absolute atomic E-state index is 11.8. The van der Waals surface area contributed by atoms with Crippen LogP contribution in [0.2, 0.25) is 0 Å². The number of likely N-dealkylation sites (N-methyl/N-ethyl adjacent to an activating group) is 1. The number of hydrogen-bond donors (Lipinski definition) is 1. The molecule has 4 heteroatoms. The lowest BCUT2D eigenvalue weighted by Gasteiger charge is -2.28. The van der Waals surface area contributed by atoms with Gasteiger partial charge in [-0.2, -0.15) is 0 Å². The van der Waals surface area contributed by atoms with E-state index in [0.29, 0.717) is 6.04 Å². The number of ether oxygens (including phenoxy) is 1. The number of carbonyl (C=O) groups is 1. The SMILES string of the molecule is CNC1CCN(C(=O)OC(C)(C)C)[C@@H]1C. The number of carbonyl (C=O) groups excluding carboxylic acids is 1. The van der Waals surface area contributed by atoms with E-state index in [1.54, 1.807) is 4.90 Å². The highest BCUT2D eigenvalue weighted by Crippen LogP contribution is 2.20. The second-order valence-electron chi connectivity index (χ2n) is 5.10. The zero-order chi connectivity index (χ0) is 11.6. The summed E-state index contributed by atoms with van der Waals surface area (Å²) in [5.41, 5.74) is -0.408. The van der Waals surface area contributed by atoms with E-state index in [2.05, 4.69) is 12.2 Å². The molecule has 1 N–H and O–H groups in total. The molecule has 1 unspecified atom stereocenters. The monoisotopic (exact) mass is 214 g/mol. The summed E-state index contributed by atoms with van der Waals surface area (Å²) >= 11 is 0. The van der Waals surface area contributed by atoms with Gasteiger partial charge in [-0.05, 0) is 41.2 Å². The Hall–Kier alpha value is -0.770. The molecule has 1 aliphatic heterocycles. The summed E-state index contributed by atoms with van der Waals surface area (Å²) in [6, 6.07) is 0.599. The number of amides is 1. The van der Waals surface area contributed by atoms with Crippen LogP contribution in [-0.2, 0) is 4.74 Å². The Morgan fingerprint density at radius 1 is 1.47 bits per heavy atom. The molecule has 1 saturated heterocycles. The van der Waals surface area contributed by atoms with Crippen LogP contribution in [0.4, 0.5) is 4.79 Å². The molecule has 4 nitrogen and oxygen atoms in total. The minimum Gasteiger partial charge on any atom is -0.444 e. The van der Waals surface area contributed by atoms with Crippen LogP contribution in [0.5, 0.6) is 0 Å². The van der Waals surface area contributed by atoms with Gasteiger partial charge in [-0.15, -0.1) is 0 Å². The van der Waals surface area contributed by atoms with E-state index in [1.165, 1.54) is 0 Å². The van der Waals surface area contributed by atoms with Gasteiger partial charge in [-0.25, -0.2) is 4.79 Å². The van der Waals surface area contributed by atoms with Crippen molar-refractivity contribution < 1.29 is 9.53 Å². The molecule has 0 aromatic rings. The molecule has 88 valence electrons. The van der Waals surface area contributed by atoms with Crippen molar-refractivity contribution in [1.29, 1.82) is 0 Å². The Bertz CT molecular complexity index is 235. The quantitative estimate of drug-likeness (QED) is 0.721. The predicted octanol–water partition coefficient (Wildman–Crippen LogP) is 1.60. The third kappa shape index (κ3) is 3.09. The Kier molecular flexibility index (Phi) is 3.60. The van der Waals surface area contributed by atoms with Gasteiger partial charge < -0.3 is 15.0 Å². The van der Waals surface area contributed by atoms with Gasteiger partial charge in [0.05, 0.1) is 0 Å². The fraction of sp³-hybridized carbons (Fsp3) is 0.909. The highest BCUT2D eigenvalue weighted by atomic mass is 16.6. The predicted molar refractivity (Wildman–Crippen MR) is 59.9 cm³/mol. The number of rotatable bonds is 1. The highest BCUT2D eigenvalue weighted by molar-refractivity contribution is 5.69. The van der Waals surface area contributed by atoms with E-state index in [9.17, 15) is 4.79 Å². The van der Waals surface area contributed by atoms with E-state index in [1.807, 2.05) is 27.8 Å². The van der Waals surface area contributed by atoms with Crippen LogP contribution in [0.3, 0.4) is 0 Å². The van der Waals surface area contributed by atoms with Crippen LogP contribution in [0.25, 0.3) is 0 Å². The van der Waals surface area contributed by atoms with Crippen molar-refractivity contribution in [1.82, 2.24) is 10.2 Å². The third-order valence-corrected chi connectivity index (χ3v) is 2.75. The summed E-state index contributed by atoms with van der Waals surface area (Å²) in [5, 5.41) is 3.21. The van der Waals surface area contributed by atoms with Crippen LogP contribution in [-0.4, -0.2) is 42.3 Å². The minimum atomic E-state index is -0.408. The Morgan fingerprint density at radius 2 is 2.07 bits per heavy atom. The third-order valence-electron chi connectivity index (χ3n) is 2.75. The lowest BCUT2D eigenvalue weighted by atomic mass is 10.1. The average Bonchev–Trinajstić information content (AvgIpc) is 2.43. The Morgan fingerprint density at radius 3 is 2.47 bits per heavy atom. The lowest BCUT2D eigenvalue weighted by Crippen LogP contribution is -2.43. The van der Waals surface area contributed by atoms with Gasteiger partial charge >= 0.3 is 6.09 Å². The zero-order valence-corrected chi connectivity index (χ0v) is 10.3. The van der Waals surface area contributed by atoms with Crippen molar-refractivity contribution in [3.63, 3.8) is 0 Å². The lowest BCUT2D eigenvalue weighted by molar-refractivity contribution is 0.0230. The molecule has 1 aliphatic rings. The van der Waals surface area contributed by atoms with Gasteiger partial charge in [0.1, 0.15) is 5.60 Å². The molecule has 2 atom stereocenters. The average molecular weight is 214 g/mol. The molecule has 0 aromatic heterocycles. The molecular weight excluding hydrogens is 192 g/mol. The van der Waals surface area contributed by atoms with Crippen LogP contribution in [0.15, 0.2) is 0 Å². The van der Waals surface area contributed by atoms with E-state index >= 15 is 0 Å².